The standard InChI is InChI=1S/C28H34FN6O7P/c1-6-28(29)23(36)21(15-40-43(38,33-17(3)26(37)39-7-2)42-20-11-9-8-10-12-20)41-27(28)35-16-30-22-24(34(5)19-13-14-19)31-18(4)32-25(22)35/h1,8-12,16-17,19,21,23,27,36H,7,13-15H2,2-5H3,(H,33,38)/t17-,21-,23-,27-,28-,43?/m1/s1. The summed E-state index contributed by atoms with van der Waals surface area (Å²) < 4.78 is 53.6. The highest BCUT2D eigenvalue weighted by Crippen LogP contribution is 2.48. The Morgan fingerprint density at radius 1 is 1.37 bits per heavy atom. The van der Waals surface area contributed by atoms with E-state index in [9.17, 15) is 14.5 Å². The molecule has 15 heteroatoms. The number of terminal acetylenes is 1. The molecule has 43 heavy (non-hydrogen) atoms. The van der Waals surface area contributed by atoms with E-state index >= 15 is 4.39 Å². The van der Waals surface area contributed by atoms with Gasteiger partial charge in [-0.05, 0) is 45.7 Å². The number of benzene rings is 1. The van der Waals surface area contributed by atoms with Crippen molar-refractivity contribution in [3.8, 4) is 18.1 Å². The summed E-state index contributed by atoms with van der Waals surface area (Å²) >= 11 is 0. The summed E-state index contributed by atoms with van der Waals surface area (Å²) in [6.45, 7) is 4.26. The summed E-state index contributed by atoms with van der Waals surface area (Å²) in [5, 5.41) is 13.6. The van der Waals surface area contributed by atoms with Gasteiger partial charge in [-0.15, -0.1) is 6.42 Å². The third kappa shape index (κ3) is 6.23. The second-order valence-electron chi connectivity index (χ2n) is 10.4. The van der Waals surface area contributed by atoms with Gasteiger partial charge in [-0.25, -0.2) is 23.9 Å². The molecule has 2 aromatic heterocycles. The quantitative estimate of drug-likeness (QED) is 0.175. The highest BCUT2D eigenvalue weighted by molar-refractivity contribution is 7.52. The minimum atomic E-state index is -4.31. The molecule has 13 nitrogen and oxygen atoms in total. The van der Waals surface area contributed by atoms with Crippen LogP contribution in [0.1, 0.15) is 38.7 Å². The van der Waals surface area contributed by atoms with Crippen LogP contribution in [0.3, 0.4) is 0 Å². The number of fused-ring (bicyclic) bond motifs is 1. The normalized spacial score (nSPS) is 25.6. The van der Waals surface area contributed by atoms with Crippen molar-refractivity contribution in [3.05, 3.63) is 42.5 Å². The van der Waals surface area contributed by atoms with Crippen LogP contribution >= 0.6 is 7.75 Å². The minimum Gasteiger partial charge on any atom is -0.465 e. The van der Waals surface area contributed by atoms with E-state index in [1.54, 1.807) is 32.0 Å². The molecule has 3 heterocycles. The number of alkyl halides is 1. The van der Waals surface area contributed by atoms with Crippen LogP contribution in [0.2, 0.25) is 0 Å². The van der Waals surface area contributed by atoms with Crippen LogP contribution in [-0.4, -0.2) is 80.8 Å². The molecule has 6 atom stereocenters. The average molecular weight is 617 g/mol. The van der Waals surface area contributed by atoms with Gasteiger partial charge in [-0.2, -0.15) is 5.09 Å². The van der Waals surface area contributed by atoms with E-state index in [0.29, 0.717) is 23.2 Å². The van der Waals surface area contributed by atoms with Gasteiger partial charge in [0, 0.05) is 13.1 Å². The number of halogens is 1. The molecule has 2 N–H and O–H groups in total. The Hall–Kier alpha value is -3.60. The molecule has 0 amide bonds. The van der Waals surface area contributed by atoms with E-state index in [2.05, 4.69) is 20.0 Å². The molecule has 0 spiro atoms. The van der Waals surface area contributed by atoms with E-state index < -0.39 is 50.5 Å². The molecule has 0 radical (unpaired) electrons. The summed E-state index contributed by atoms with van der Waals surface area (Å²) in [5.74, 6) is 2.54. The van der Waals surface area contributed by atoms with Gasteiger partial charge < -0.3 is 24.0 Å². The monoisotopic (exact) mass is 616 g/mol. The fourth-order valence-electron chi connectivity index (χ4n) is 4.81. The van der Waals surface area contributed by atoms with Crippen molar-refractivity contribution >= 4 is 30.7 Å². The van der Waals surface area contributed by atoms with E-state index in [-0.39, 0.29) is 18.0 Å². The van der Waals surface area contributed by atoms with Crippen LogP contribution < -0.4 is 14.5 Å². The molecule has 5 rings (SSSR count). The number of ether oxygens (including phenoxy) is 2. The Kier molecular flexibility index (Phi) is 8.74. The summed E-state index contributed by atoms with van der Waals surface area (Å²) in [5.41, 5.74) is -2.04. The number of carbonyl (C=O) groups excluding carboxylic acids is 1. The first-order valence-corrected chi connectivity index (χ1v) is 15.4. The highest BCUT2D eigenvalue weighted by atomic mass is 31.2. The van der Waals surface area contributed by atoms with E-state index in [4.69, 9.17) is 24.9 Å². The van der Waals surface area contributed by atoms with Crippen molar-refractivity contribution in [2.75, 3.05) is 25.2 Å². The molecular formula is C28H34FN6O7P. The number of esters is 1. The number of nitrogens with one attached hydrogen (secondary N) is 1. The van der Waals surface area contributed by atoms with Crippen LogP contribution in [0.15, 0.2) is 36.7 Å². The first-order valence-electron chi connectivity index (χ1n) is 13.9. The molecule has 1 aliphatic heterocycles. The molecule has 2 fully saturated rings. The zero-order valence-electron chi connectivity index (χ0n) is 24.2. The maximum Gasteiger partial charge on any atom is 0.459 e. The lowest BCUT2D eigenvalue weighted by molar-refractivity contribution is -0.144. The number of para-hydroxylation sites is 1. The molecule has 1 saturated heterocycles. The number of aromatic nitrogens is 4. The van der Waals surface area contributed by atoms with Crippen molar-refractivity contribution in [3.63, 3.8) is 0 Å². The number of aryl methyl sites for hydroxylation is 1. The molecule has 3 aromatic rings. The lowest BCUT2D eigenvalue weighted by Crippen LogP contribution is -2.42. The first-order chi connectivity index (χ1) is 20.5. The lowest BCUT2D eigenvalue weighted by atomic mass is 9.97. The van der Waals surface area contributed by atoms with Crippen molar-refractivity contribution in [1.29, 1.82) is 0 Å². The summed E-state index contributed by atoms with van der Waals surface area (Å²) in [7, 11) is -2.40. The van der Waals surface area contributed by atoms with Crippen molar-refractivity contribution < 1.29 is 37.4 Å². The molecule has 1 saturated carbocycles. The van der Waals surface area contributed by atoms with Gasteiger partial charge in [-0.1, -0.05) is 24.1 Å². The van der Waals surface area contributed by atoms with Gasteiger partial charge in [0.2, 0.25) is 5.67 Å². The average Bonchev–Trinajstić information content (AvgIpc) is 3.71. The van der Waals surface area contributed by atoms with Crippen molar-refractivity contribution in [1.82, 2.24) is 24.6 Å². The predicted molar refractivity (Wildman–Crippen MR) is 154 cm³/mol. The molecular weight excluding hydrogens is 582 g/mol. The zero-order chi connectivity index (χ0) is 30.9. The van der Waals surface area contributed by atoms with Crippen LogP contribution in [0.4, 0.5) is 10.2 Å². The number of aliphatic hydroxyl groups is 1. The molecule has 0 bridgehead atoms. The molecule has 2 aliphatic rings. The summed E-state index contributed by atoms with van der Waals surface area (Å²) in [6, 6.07) is 7.36. The van der Waals surface area contributed by atoms with E-state index in [0.717, 1.165) is 12.8 Å². The second-order valence-corrected chi connectivity index (χ2v) is 12.1. The Labute approximate surface area is 248 Å². The lowest BCUT2D eigenvalue weighted by Gasteiger charge is -2.25. The fraction of sp³-hybridized carbons (Fsp3) is 0.500. The van der Waals surface area contributed by atoms with Crippen molar-refractivity contribution in [2.24, 2.45) is 0 Å². The number of hydrogen-bond acceptors (Lipinski definition) is 11. The molecule has 1 unspecified atom stereocenters. The number of anilines is 1. The maximum absolute atomic E-state index is 16.4. The van der Waals surface area contributed by atoms with E-state index in [1.165, 1.54) is 30.0 Å². The van der Waals surface area contributed by atoms with Gasteiger partial charge in [-0.3, -0.25) is 13.9 Å². The molecule has 230 valence electrons. The fourth-order valence-corrected chi connectivity index (χ4v) is 6.31. The Balaban J connectivity index is 1.41. The first kappa shape index (κ1) is 30.8. The van der Waals surface area contributed by atoms with E-state index in [1.807, 2.05) is 17.9 Å². The maximum atomic E-state index is 16.4. The smallest absolute Gasteiger partial charge is 0.459 e. The third-order valence-corrected chi connectivity index (χ3v) is 8.88. The molecule has 1 aromatic carbocycles. The Morgan fingerprint density at radius 3 is 2.74 bits per heavy atom. The Morgan fingerprint density at radius 2 is 2.09 bits per heavy atom. The SMILES string of the molecule is C#C[C@@]1(F)[C@H](O)[C@@H](COP(=O)(N[C@H](C)C(=O)OCC)Oc2ccccc2)O[C@H]1n1cnc2c(N(C)C3CC3)nc(C)nc21. The number of imidazole rings is 1. The summed E-state index contributed by atoms with van der Waals surface area (Å²) in [6.07, 6.45) is 4.14. The van der Waals surface area contributed by atoms with Crippen molar-refractivity contribution in [2.45, 2.75) is 69.8 Å². The van der Waals surface area contributed by atoms with Gasteiger partial charge in [0.25, 0.3) is 0 Å². The topological polar surface area (TPSA) is 150 Å². The number of nitrogens with zero attached hydrogens (tertiary/aromatic N) is 5. The number of rotatable bonds is 12. The number of hydrogen-bond donors (Lipinski definition) is 2. The van der Waals surface area contributed by atoms with Gasteiger partial charge in [0.15, 0.2) is 23.2 Å². The van der Waals surface area contributed by atoms with Gasteiger partial charge in [0.05, 0.1) is 19.5 Å². The number of carbonyl (C=O) groups is 1. The summed E-state index contributed by atoms with van der Waals surface area (Å²) in [4.78, 5) is 27.7. The Bertz CT molecular complexity index is 1560. The third-order valence-electron chi connectivity index (χ3n) is 7.23. The van der Waals surface area contributed by atoms with Gasteiger partial charge >= 0.3 is 13.7 Å². The van der Waals surface area contributed by atoms with Crippen LogP contribution in [0.25, 0.3) is 11.2 Å². The van der Waals surface area contributed by atoms with Crippen LogP contribution in [0.5, 0.6) is 5.75 Å². The van der Waals surface area contributed by atoms with Crippen LogP contribution in [0, 0.1) is 19.3 Å². The minimum absolute atomic E-state index is 0.107. The predicted octanol–water partition coefficient (Wildman–Crippen LogP) is 3.08. The largest absolute Gasteiger partial charge is 0.465 e. The second kappa shape index (κ2) is 12.2. The zero-order valence-corrected chi connectivity index (χ0v) is 25.1. The molecule has 1 aliphatic carbocycles. The highest BCUT2D eigenvalue weighted by Gasteiger charge is 2.58. The number of aliphatic hydroxyl groups excluding tert-OH is 1. The van der Waals surface area contributed by atoms with Gasteiger partial charge in [0.1, 0.15) is 29.8 Å². The van der Waals surface area contributed by atoms with Crippen LogP contribution in [-0.2, 0) is 23.4 Å².